The zero-order valence-electron chi connectivity index (χ0n) is 19.1. The van der Waals surface area contributed by atoms with Gasteiger partial charge in [0.05, 0.1) is 6.20 Å². The molecule has 0 aromatic carbocycles. The SMILES string of the molecule is Cn1cc(C23CCCC(NC(C)(C)C)(C2)C3)cc1C(=O)n1ccc2cc(OC=O)cnc21. The number of hydrogen-bond acceptors (Lipinski definition) is 5. The highest BCUT2D eigenvalue weighted by Crippen LogP contribution is 2.59. The number of carbonyl (C=O) groups excluding carboxylic acids is 2. The van der Waals surface area contributed by atoms with Gasteiger partial charge in [0.2, 0.25) is 0 Å². The Morgan fingerprint density at radius 1 is 1.25 bits per heavy atom. The van der Waals surface area contributed by atoms with Crippen LogP contribution < -0.4 is 10.1 Å². The molecule has 0 aliphatic heterocycles. The topological polar surface area (TPSA) is 78.1 Å². The molecule has 3 heterocycles. The van der Waals surface area contributed by atoms with Crippen LogP contribution >= 0.6 is 0 Å². The van der Waals surface area contributed by atoms with Crippen LogP contribution in [0.25, 0.3) is 11.0 Å². The van der Waals surface area contributed by atoms with Crippen molar-refractivity contribution in [3.63, 3.8) is 0 Å². The van der Waals surface area contributed by atoms with Crippen LogP contribution in [0.3, 0.4) is 0 Å². The normalized spacial score (nSPS) is 24.9. The first-order chi connectivity index (χ1) is 15.1. The Morgan fingerprint density at radius 2 is 2.03 bits per heavy atom. The molecule has 0 unspecified atom stereocenters. The van der Waals surface area contributed by atoms with E-state index in [1.165, 1.54) is 31.0 Å². The molecule has 0 saturated heterocycles. The summed E-state index contributed by atoms with van der Waals surface area (Å²) in [5, 5.41) is 4.62. The molecule has 3 aliphatic rings. The molecule has 1 N–H and O–H groups in total. The molecule has 7 heteroatoms. The number of hydrogen-bond donors (Lipinski definition) is 1. The highest BCUT2D eigenvalue weighted by molar-refractivity contribution is 6.00. The predicted octanol–water partition coefficient (Wildman–Crippen LogP) is 3.94. The Balaban J connectivity index is 1.43. The Morgan fingerprint density at radius 3 is 2.75 bits per heavy atom. The Bertz CT molecular complexity index is 1210. The van der Waals surface area contributed by atoms with E-state index in [2.05, 4.69) is 43.3 Å². The molecule has 3 aromatic heterocycles. The zero-order chi connectivity index (χ0) is 22.7. The molecule has 0 radical (unpaired) electrons. The van der Waals surface area contributed by atoms with Gasteiger partial charge in [0, 0.05) is 41.3 Å². The second-order valence-electron chi connectivity index (χ2n) is 10.7. The van der Waals surface area contributed by atoms with Crippen molar-refractivity contribution >= 4 is 23.4 Å². The van der Waals surface area contributed by atoms with Gasteiger partial charge in [-0.2, -0.15) is 0 Å². The number of pyridine rings is 1. The molecule has 2 bridgehead atoms. The van der Waals surface area contributed by atoms with Crippen LogP contribution in [0.4, 0.5) is 0 Å². The summed E-state index contributed by atoms with van der Waals surface area (Å²) in [5.74, 6) is 0.239. The highest BCUT2D eigenvalue weighted by Gasteiger charge is 2.58. The van der Waals surface area contributed by atoms with Crippen LogP contribution in [0.2, 0.25) is 0 Å². The van der Waals surface area contributed by atoms with Gasteiger partial charge in [-0.15, -0.1) is 0 Å². The minimum absolute atomic E-state index is 0.0976. The molecule has 0 amide bonds. The van der Waals surface area contributed by atoms with Crippen molar-refractivity contribution in [1.29, 1.82) is 0 Å². The largest absolute Gasteiger partial charge is 0.427 e. The summed E-state index contributed by atoms with van der Waals surface area (Å²) in [5.41, 5.74) is 2.93. The summed E-state index contributed by atoms with van der Waals surface area (Å²) < 4.78 is 8.36. The fourth-order valence-electron chi connectivity index (χ4n) is 6.14. The van der Waals surface area contributed by atoms with Gasteiger partial charge >= 0.3 is 0 Å². The molecule has 168 valence electrons. The fraction of sp³-hybridized carbons (Fsp3) is 0.480. The third-order valence-electron chi connectivity index (χ3n) is 7.05. The molecular formula is C25H30N4O3. The van der Waals surface area contributed by atoms with E-state index in [0.717, 1.165) is 18.2 Å². The van der Waals surface area contributed by atoms with Crippen molar-refractivity contribution in [2.75, 3.05) is 0 Å². The summed E-state index contributed by atoms with van der Waals surface area (Å²) in [6.07, 6.45) is 11.2. The first kappa shape index (κ1) is 20.9. The molecule has 3 aromatic rings. The highest BCUT2D eigenvalue weighted by atomic mass is 16.5. The predicted molar refractivity (Wildman–Crippen MR) is 122 cm³/mol. The van der Waals surface area contributed by atoms with E-state index in [4.69, 9.17) is 4.74 Å². The van der Waals surface area contributed by atoms with Gasteiger partial charge in [0.25, 0.3) is 12.4 Å². The first-order valence-electron chi connectivity index (χ1n) is 11.2. The molecule has 7 nitrogen and oxygen atoms in total. The Labute approximate surface area is 187 Å². The van der Waals surface area contributed by atoms with E-state index < -0.39 is 0 Å². The molecule has 3 aliphatic carbocycles. The molecule has 0 spiro atoms. The maximum absolute atomic E-state index is 13.4. The molecule has 32 heavy (non-hydrogen) atoms. The molecule has 6 rings (SSSR count). The molecule has 0 atom stereocenters. The van der Waals surface area contributed by atoms with Crippen molar-refractivity contribution in [2.45, 2.75) is 69.4 Å². The lowest BCUT2D eigenvalue weighted by molar-refractivity contribution is -0.120. The Hall–Kier alpha value is -2.93. The van der Waals surface area contributed by atoms with E-state index in [0.29, 0.717) is 23.6 Å². The summed E-state index contributed by atoms with van der Waals surface area (Å²) in [7, 11) is 1.94. The van der Waals surface area contributed by atoms with Crippen molar-refractivity contribution in [3.8, 4) is 5.75 Å². The van der Waals surface area contributed by atoms with Crippen LogP contribution in [0.5, 0.6) is 5.75 Å². The summed E-state index contributed by atoms with van der Waals surface area (Å²) in [4.78, 5) is 28.3. The number of aryl methyl sites for hydroxylation is 1. The van der Waals surface area contributed by atoms with Gasteiger partial charge in [-0.05, 0) is 70.2 Å². The average Bonchev–Trinajstić information content (AvgIpc) is 3.29. The smallest absolute Gasteiger partial charge is 0.298 e. The van der Waals surface area contributed by atoms with Crippen molar-refractivity contribution in [3.05, 3.63) is 48.0 Å². The maximum Gasteiger partial charge on any atom is 0.298 e. The first-order valence-corrected chi connectivity index (χ1v) is 11.2. The fourth-order valence-corrected chi connectivity index (χ4v) is 6.14. The number of carbonyl (C=O) groups is 2. The number of aromatic nitrogens is 3. The maximum atomic E-state index is 13.4. The second-order valence-corrected chi connectivity index (χ2v) is 10.7. The summed E-state index contributed by atoms with van der Waals surface area (Å²) >= 11 is 0. The van der Waals surface area contributed by atoms with Gasteiger partial charge in [0.15, 0.2) is 0 Å². The third-order valence-corrected chi connectivity index (χ3v) is 7.05. The summed E-state index contributed by atoms with van der Waals surface area (Å²) in [6, 6.07) is 5.58. The number of rotatable bonds is 5. The molecule has 3 fully saturated rings. The van der Waals surface area contributed by atoms with Gasteiger partial charge in [-0.3, -0.25) is 14.2 Å². The van der Waals surface area contributed by atoms with Crippen LogP contribution in [0.15, 0.2) is 36.8 Å². The van der Waals surface area contributed by atoms with Crippen LogP contribution in [-0.2, 0) is 17.3 Å². The second kappa shape index (κ2) is 7.04. The Kier molecular flexibility index (Phi) is 4.60. The van der Waals surface area contributed by atoms with Gasteiger partial charge in [0.1, 0.15) is 17.1 Å². The quantitative estimate of drug-likeness (QED) is 0.616. The van der Waals surface area contributed by atoms with Crippen molar-refractivity contribution < 1.29 is 14.3 Å². The minimum Gasteiger partial charge on any atom is -0.427 e. The number of fused-ring (bicyclic) bond motifs is 3. The van der Waals surface area contributed by atoms with E-state index in [9.17, 15) is 9.59 Å². The van der Waals surface area contributed by atoms with E-state index in [-0.39, 0.29) is 22.4 Å². The number of nitrogens with one attached hydrogen (secondary N) is 1. The average molecular weight is 435 g/mol. The van der Waals surface area contributed by atoms with E-state index >= 15 is 0 Å². The van der Waals surface area contributed by atoms with Crippen LogP contribution in [-0.4, -0.2) is 37.6 Å². The lowest BCUT2D eigenvalue weighted by atomic mass is 9.47. The van der Waals surface area contributed by atoms with Crippen LogP contribution in [0, 0.1) is 0 Å². The monoisotopic (exact) mass is 434 g/mol. The minimum atomic E-state index is -0.115. The van der Waals surface area contributed by atoms with Crippen LogP contribution in [0.1, 0.15) is 68.9 Å². The van der Waals surface area contributed by atoms with Gasteiger partial charge in [-0.25, -0.2) is 4.98 Å². The van der Waals surface area contributed by atoms with Crippen molar-refractivity contribution in [2.24, 2.45) is 7.05 Å². The van der Waals surface area contributed by atoms with Gasteiger partial charge in [-0.1, -0.05) is 6.42 Å². The van der Waals surface area contributed by atoms with E-state index in [1.807, 2.05) is 11.6 Å². The lowest BCUT2D eigenvalue weighted by Gasteiger charge is -2.63. The number of nitrogens with zero attached hydrogens (tertiary/aromatic N) is 3. The lowest BCUT2D eigenvalue weighted by Crippen LogP contribution is -2.68. The van der Waals surface area contributed by atoms with Gasteiger partial charge < -0.3 is 14.6 Å². The third kappa shape index (κ3) is 3.35. The standard InChI is InChI=1S/C25H30N4O3/c1-23(2,3)27-25-8-5-7-24(14-25,15-25)18-11-20(28(4)13-18)22(31)29-9-6-17-10-19(32-16-30)12-26-21(17)29/h6,9-13,16,27H,5,7-8,14-15H2,1-4H3. The van der Waals surface area contributed by atoms with E-state index in [1.54, 1.807) is 22.9 Å². The molecular weight excluding hydrogens is 404 g/mol. The number of ether oxygens (including phenoxy) is 1. The van der Waals surface area contributed by atoms with Crippen molar-refractivity contribution in [1.82, 2.24) is 19.4 Å². The summed E-state index contributed by atoms with van der Waals surface area (Å²) in [6.45, 7) is 7.07. The molecule has 3 saturated carbocycles. The zero-order valence-corrected chi connectivity index (χ0v) is 19.1.